The van der Waals surface area contributed by atoms with Crippen molar-refractivity contribution < 1.29 is 19.4 Å². The largest absolute Gasteiger partial charge is 0.491 e. The number of nitrogens with one attached hydrogen (secondary N) is 1. The number of carboxylic acids is 1. The van der Waals surface area contributed by atoms with Crippen LogP contribution in [0.1, 0.15) is 23.2 Å². The lowest BCUT2D eigenvalue weighted by atomic mass is 9.89. The monoisotopic (exact) mass is 265 g/mol. The number of aromatic carboxylic acids is 1. The molecule has 104 valence electrons. The number of para-hydroxylation sites is 1. The summed E-state index contributed by atoms with van der Waals surface area (Å²) in [6, 6.07) is 7.16. The number of carboxylic acid groups (broad SMARTS) is 1. The van der Waals surface area contributed by atoms with Crippen molar-refractivity contribution in [3.05, 3.63) is 29.8 Å². The average Bonchev–Trinajstić information content (AvgIpc) is 2.36. The Kier molecular flexibility index (Phi) is 4.76. The molecule has 2 rings (SSSR count). The van der Waals surface area contributed by atoms with Gasteiger partial charge in [0.2, 0.25) is 0 Å². The molecule has 0 unspecified atom stereocenters. The van der Waals surface area contributed by atoms with Crippen molar-refractivity contribution in [3.63, 3.8) is 0 Å². The van der Waals surface area contributed by atoms with Gasteiger partial charge in [-0.3, -0.25) is 0 Å². The average molecular weight is 265 g/mol. The van der Waals surface area contributed by atoms with Gasteiger partial charge in [-0.05, 0) is 25.0 Å². The van der Waals surface area contributed by atoms with Gasteiger partial charge in [-0.25, -0.2) is 4.79 Å². The summed E-state index contributed by atoms with van der Waals surface area (Å²) in [5.74, 6) is -0.550. The van der Waals surface area contributed by atoms with Gasteiger partial charge in [0.15, 0.2) is 0 Å². The molecule has 5 heteroatoms. The molecule has 2 N–H and O–H groups in total. The molecule has 0 aromatic heterocycles. The first-order valence-electron chi connectivity index (χ1n) is 6.42. The van der Waals surface area contributed by atoms with Gasteiger partial charge >= 0.3 is 5.97 Å². The summed E-state index contributed by atoms with van der Waals surface area (Å²) < 4.78 is 10.7. The molecular formula is C14H19NO4. The molecule has 1 aliphatic rings. The van der Waals surface area contributed by atoms with E-state index in [-0.39, 0.29) is 5.56 Å². The minimum atomic E-state index is -0.967. The number of hydrogen-bond donors (Lipinski definition) is 2. The second-order valence-electron chi connectivity index (χ2n) is 4.63. The molecule has 0 bridgehead atoms. The number of rotatable bonds is 7. The Bertz CT molecular complexity index is 429. The summed E-state index contributed by atoms with van der Waals surface area (Å²) in [5, 5.41) is 12.4. The third-order valence-electron chi connectivity index (χ3n) is 3.34. The fourth-order valence-electron chi connectivity index (χ4n) is 2.12. The lowest BCUT2D eigenvalue weighted by molar-refractivity contribution is 0.0167. The van der Waals surface area contributed by atoms with Gasteiger partial charge in [0.05, 0.1) is 6.10 Å². The molecular weight excluding hydrogens is 246 g/mol. The molecule has 19 heavy (non-hydrogen) atoms. The molecule has 0 aliphatic heterocycles. The quantitative estimate of drug-likeness (QED) is 0.732. The molecule has 0 radical (unpaired) electrons. The van der Waals surface area contributed by atoms with Gasteiger partial charge in [0.25, 0.3) is 0 Å². The van der Waals surface area contributed by atoms with Crippen LogP contribution in [0.5, 0.6) is 5.75 Å². The standard InChI is InChI=1S/C14H19NO4/c1-18-11-8-10(9-11)15-6-7-19-13-5-3-2-4-12(13)14(16)17/h2-5,10-11,15H,6-9H2,1H3,(H,16,17). The Balaban J connectivity index is 1.70. The van der Waals surface area contributed by atoms with E-state index in [1.54, 1.807) is 31.4 Å². The molecule has 1 saturated carbocycles. The maximum atomic E-state index is 11.0. The highest BCUT2D eigenvalue weighted by Crippen LogP contribution is 2.22. The molecule has 0 heterocycles. The number of methoxy groups -OCH3 is 1. The summed E-state index contributed by atoms with van der Waals surface area (Å²) in [4.78, 5) is 11.0. The van der Waals surface area contributed by atoms with E-state index in [0.29, 0.717) is 31.0 Å². The molecule has 0 amide bonds. The number of hydrogen-bond acceptors (Lipinski definition) is 4. The van der Waals surface area contributed by atoms with Crippen LogP contribution in [0.2, 0.25) is 0 Å². The Labute approximate surface area is 112 Å². The van der Waals surface area contributed by atoms with Gasteiger partial charge < -0.3 is 19.9 Å². The van der Waals surface area contributed by atoms with Crippen molar-refractivity contribution in [3.8, 4) is 5.75 Å². The lowest BCUT2D eigenvalue weighted by Gasteiger charge is -2.34. The molecule has 0 atom stereocenters. The second-order valence-corrected chi connectivity index (χ2v) is 4.63. The molecule has 5 nitrogen and oxygen atoms in total. The zero-order chi connectivity index (χ0) is 13.7. The van der Waals surface area contributed by atoms with Gasteiger partial charge in [0.1, 0.15) is 17.9 Å². The first kappa shape index (κ1) is 13.8. The highest BCUT2D eigenvalue weighted by atomic mass is 16.5. The first-order valence-corrected chi connectivity index (χ1v) is 6.42. The number of ether oxygens (including phenoxy) is 2. The minimum Gasteiger partial charge on any atom is -0.491 e. The predicted molar refractivity (Wildman–Crippen MR) is 70.7 cm³/mol. The van der Waals surface area contributed by atoms with Crippen LogP contribution in [0, 0.1) is 0 Å². The number of carbonyl (C=O) groups is 1. The zero-order valence-corrected chi connectivity index (χ0v) is 11.0. The summed E-state index contributed by atoms with van der Waals surface area (Å²) >= 11 is 0. The van der Waals surface area contributed by atoms with Gasteiger partial charge in [0, 0.05) is 19.7 Å². The van der Waals surface area contributed by atoms with Crippen molar-refractivity contribution in [1.82, 2.24) is 5.32 Å². The Morgan fingerprint density at radius 2 is 2.16 bits per heavy atom. The van der Waals surface area contributed by atoms with Crippen LogP contribution in [-0.2, 0) is 4.74 Å². The molecule has 1 aromatic rings. The fraction of sp³-hybridized carbons (Fsp3) is 0.500. The third-order valence-corrected chi connectivity index (χ3v) is 3.34. The van der Waals surface area contributed by atoms with E-state index < -0.39 is 5.97 Å². The molecule has 1 aliphatic carbocycles. The summed E-state index contributed by atoms with van der Waals surface area (Å²) in [6.07, 6.45) is 2.44. The van der Waals surface area contributed by atoms with E-state index in [1.807, 2.05) is 0 Å². The van der Waals surface area contributed by atoms with Crippen LogP contribution >= 0.6 is 0 Å². The minimum absolute atomic E-state index is 0.200. The van der Waals surface area contributed by atoms with Gasteiger partial charge in [-0.1, -0.05) is 12.1 Å². The Hall–Kier alpha value is -1.59. The summed E-state index contributed by atoms with van der Waals surface area (Å²) in [7, 11) is 1.73. The van der Waals surface area contributed by atoms with Crippen LogP contribution in [-0.4, -0.2) is 43.5 Å². The first-order chi connectivity index (χ1) is 9.20. The second kappa shape index (κ2) is 6.54. The van der Waals surface area contributed by atoms with Crippen LogP contribution < -0.4 is 10.1 Å². The Morgan fingerprint density at radius 1 is 1.42 bits per heavy atom. The van der Waals surface area contributed by atoms with E-state index in [4.69, 9.17) is 14.6 Å². The normalized spacial score (nSPS) is 21.7. The van der Waals surface area contributed by atoms with Gasteiger partial charge in [-0.15, -0.1) is 0 Å². The van der Waals surface area contributed by atoms with Crippen molar-refractivity contribution in [2.24, 2.45) is 0 Å². The lowest BCUT2D eigenvalue weighted by Crippen LogP contribution is -2.46. The Morgan fingerprint density at radius 3 is 2.84 bits per heavy atom. The van der Waals surface area contributed by atoms with E-state index in [9.17, 15) is 4.79 Å². The van der Waals surface area contributed by atoms with Crippen molar-refractivity contribution in [2.75, 3.05) is 20.3 Å². The van der Waals surface area contributed by atoms with Crippen LogP contribution in [0.4, 0.5) is 0 Å². The summed E-state index contributed by atoms with van der Waals surface area (Å²) in [5.41, 5.74) is 0.200. The molecule has 0 spiro atoms. The highest BCUT2D eigenvalue weighted by Gasteiger charge is 2.28. The zero-order valence-electron chi connectivity index (χ0n) is 11.0. The summed E-state index contributed by atoms with van der Waals surface area (Å²) in [6.45, 7) is 1.16. The molecule has 1 aromatic carbocycles. The van der Waals surface area contributed by atoms with E-state index in [2.05, 4.69) is 5.32 Å². The third kappa shape index (κ3) is 3.68. The van der Waals surface area contributed by atoms with Crippen molar-refractivity contribution >= 4 is 5.97 Å². The maximum Gasteiger partial charge on any atom is 0.339 e. The molecule has 1 fully saturated rings. The number of benzene rings is 1. The van der Waals surface area contributed by atoms with E-state index >= 15 is 0 Å². The van der Waals surface area contributed by atoms with Gasteiger partial charge in [-0.2, -0.15) is 0 Å². The topological polar surface area (TPSA) is 67.8 Å². The SMILES string of the molecule is COC1CC(NCCOc2ccccc2C(=O)O)C1. The van der Waals surface area contributed by atoms with Crippen LogP contribution in [0.25, 0.3) is 0 Å². The van der Waals surface area contributed by atoms with Crippen LogP contribution in [0.3, 0.4) is 0 Å². The van der Waals surface area contributed by atoms with Crippen LogP contribution in [0.15, 0.2) is 24.3 Å². The molecule has 0 saturated heterocycles. The predicted octanol–water partition coefficient (Wildman–Crippen LogP) is 1.53. The van der Waals surface area contributed by atoms with Crippen molar-refractivity contribution in [1.29, 1.82) is 0 Å². The van der Waals surface area contributed by atoms with Crippen molar-refractivity contribution in [2.45, 2.75) is 25.0 Å². The fourth-order valence-corrected chi connectivity index (χ4v) is 2.12. The smallest absolute Gasteiger partial charge is 0.339 e. The highest BCUT2D eigenvalue weighted by molar-refractivity contribution is 5.90. The van der Waals surface area contributed by atoms with E-state index in [0.717, 1.165) is 12.8 Å². The maximum absolute atomic E-state index is 11.0. The van der Waals surface area contributed by atoms with E-state index in [1.165, 1.54) is 0 Å².